The Morgan fingerprint density at radius 2 is 2.15 bits per heavy atom. The lowest BCUT2D eigenvalue weighted by Crippen LogP contribution is -2.42. The van der Waals surface area contributed by atoms with Gasteiger partial charge < -0.3 is 20.5 Å². The Kier molecular flexibility index (Phi) is 6.96. The highest BCUT2D eigenvalue weighted by Crippen LogP contribution is 2.19. The first-order valence-corrected chi connectivity index (χ1v) is 9.45. The van der Waals surface area contributed by atoms with Crippen molar-refractivity contribution in [3.63, 3.8) is 0 Å². The lowest BCUT2D eigenvalue weighted by atomic mass is 10.0. The number of hydrogen-bond acceptors (Lipinski definition) is 6. The van der Waals surface area contributed by atoms with E-state index in [1.165, 1.54) is 18.3 Å². The number of rotatable bonds is 3. The molecule has 1 fully saturated rings. The molecule has 0 unspecified atom stereocenters. The average molecular weight is 414 g/mol. The smallest absolute Gasteiger partial charge is 0.268 e. The molecule has 1 saturated heterocycles. The second-order valence-electron chi connectivity index (χ2n) is 6.80. The van der Waals surface area contributed by atoms with Crippen LogP contribution in [0.4, 0.5) is 0 Å². The van der Waals surface area contributed by atoms with Gasteiger partial charge in [0.15, 0.2) is 0 Å². The molecule has 8 nitrogen and oxygen atoms in total. The van der Waals surface area contributed by atoms with Crippen molar-refractivity contribution in [2.45, 2.75) is 32.4 Å². The van der Waals surface area contributed by atoms with Crippen molar-refractivity contribution in [1.29, 1.82) is 0 Å². The van der Waals surface area contributed by atoms with E-state index in [2.05, 4.69) is 9.97 Å². The van der Waals surface area contributed by atoms with Gasteiger partial charge in [0.25, 0.3) is 5.56 Å². The van der Waals surface area contributed by atoms with Crippen LogP contribution in [0.5, 0.6) is 0 Å². The van der Waals surface area contributed by atoms with Crippen LogP contribution in [0, 0.1) is 5.92 Å². The minimum absolute atomic E-state index is 0. The maximum atomic E-state index is 12.9. The average Bonchev–Trinajstić information content (AvgIpc) is 2.96. The van der Waals surface area contributed by atoms with Crippen molar-refractivity contribution in [1.82, 2.24) is 19.8 Å². The number of amides is 2. The number of carbonyl (C=O) groups excluding carboxylic acids is 2. The van der Waals surface area contributed by atoms with Crippen LogP contribution in [0.25, 0.3) is 10.2 Å². The van der Waals surface area contributed by atoms with Gasteiger partial charge in [0.2, 0.25) is 11.8 Å². The van der Waals surface area contributed by atoms with Gasteiger partial charge in [0, 0.05) is 33.1 Å². The van der Waals surface area contributed by atoms with Gasteiger partial charge in [-0.2, -0.15) is 0 Å². The number of hydrogen-bond donors (Lipinski definition) is 2. The van der Waals surface area contributed by atoms with E-state index in [0.717, 1.165) is 0 Å². The Bertz CT molecular complexity index is 883. The van der Waals surface area contributed by atoms with Crippen molar-refractivity contribution in [2.24, 2.45) is 11.7 Å². The second-order valence-corrected chi connectivity index (χ2v) is 7.72. The number of nitrogens with two attached hydrogens (primary N) is 1. The van der Waals surface area contributed by atoms with Crippen LogP contribution in [-0.4, -0.2) is 57.8 Å². The molecule has 0 saturated carbocycles. The predicted octanol–water partition coefficient (Wildman–Crippen LogP) is 0.951. The fraction of sp³-hybridized carbons (Fsp3) is 0.529. The summed E-state index contributed by atoms with van der Waals surface area (Å²) >= 11 is 1.34. The molecule has 2 atom stereocenters. The number of fused-ring (bicyclic) bond motifs is 1. The van der Waals surface area contributed by atoms with Crippen molar-refractivity contribution in [3.8, 4) is 0 Å². The maximum absolute atomic E-state index is 12.9. The Morgan fingerprint density at radius 1 is 1.41 bits per heavy atom. The highest BCUT2D eigenvalue weighted by Gasteiger charge is 2.30. The van der Waals surface area contributed by atoms with E-state index in [9.17, 15) is 14.4 Å². The molecule has 2 aromatic heterocycles. The van der Waals surface area contributed by atoms with Gasteiger partial charge >= 0.3 is 0 Å². The molecular formula is C17H24ClN5O3S. The van der Waals surface area contributed by atoms with Gasteiger partial charge in [0.05, 0.1) is 18.0 Å². The summed E-state index contributed by atoms with van der Waals surface area (Å²) < 4.78 is 0.581. The zero-order chi connectivity index (χ0) is 18.8. The van der Waals surface area contributed by atoms with Crippen molar-refractivity contribution in [3.05, 3.63) is 27.6 Å². The molecule has 3 rings (SSSR count). The Hall–Kier alpha value is -1.97. The van der Waals surface area contributed by atoms with Crippen LogP contribution < -0.4 is 11.3 Å². The standard InChI is InChI=1S/C17H23N5O3S.ClH/c1-10(23)22-7-11(3-4-12(18)8-22)17(25)21(2)9-14-19-13-5-6-26-15(13)16(24)20-14;/h5-6,11-12H,3-4,7-9,18H2,1-2H3,(H,19,20,24);1H/t11-,12+;/m1./s1. The molecular weight excluding hydrogens is 390 g/mol. The van der Waals surface area contributed by atoms with Crippen LogP contribution in [-0.2, 0) is 16.1 Å². The van der Waals surface area contributed by atoms with E-state index in [1.807, 2.05) is 5.38 Å². The van der Waals surface area contributed by atoms with Crippen molar-refractivity contribution in [2.75, 3.05) is 20.1 Å². The molecule has 0 aliphatic carbocycles. The molecule has 27 heavy (non-hydrogen) atoms. The van der Waals surface area contributed by atoms with Gasteiger partial charge in [-0.25, -0.2) is 4.98 Å². The first-order valence-electron chi connectivity index (χ1n) is 8.57. The third-order valence-electron chi connectivity index (χ3n) is 4.70. The third kappa shape index (κ3) is 4.85. The second kappa shape index (κ2) is 8.81. The highest BCUT2D eigenvalue weighted by molar-refractivity contribution is 7.17. The van der Waals surface area contributed by atoms with Crippen LogP contribution >= 0.6 is 23.7 Å². The number of aromatic nitrogens is 2. The lowest BCUT2D eigenvalue weighted by Gasteiger charge is -2.26. The lowest BCUT2D eigenvalue weighted by molar-refractivity contribution is -0.137. The van der Waals surface area contributed by atoms with E-state index in [4.69, 9.17) is 5.73 Å². The minimum atomic E-state index is -0.297. The first kappa shape index (κ1) is 21.3. The van der Waals surface area contributed by atoms with Crippen LogP contribution in [0.2, 0.25) is 0 Å². The number of aromatic amines is 1. The van der Waals surface area contributed by atoms with Crippen molar-refractivity contribution < 1.29 is 9.59 Å². The fourth-order valence-corrected chi connectivity index (χ4v) is 4.02. The molecule has 2 aromatic rings. The predicted molar refractivity (Wildman–Crippen MR) is 107 cm³/mol. The minimum Gasteiger partial charge on any atom is -0.341 e. The molecule has 148 valence electrons. The van der Waals surface area contributed by atoms with Crippen LogP contribution in [0.15, 0.2) is 16.2 Å². The van der Waals surface area contributed by atoms with Crippen LogP contribution in [0.3, 0.4) is 0 Å². The summed E-state index contributed by atoms with van der Waals surface area (Å²) in [4.78, 5) is 47.0. The fourth-order valence-electron chi connectivity index (χ4n) is 3.29. The maximum Gasteiger partial charge on any atom is 0.268 e. The summed E-state index contributed by atoms with van der Waals surface area (Å²) in [5.74, 6) is 0.00896. The summed E-state index contributed by atoms with van der Waals surface area (Å²) in [6, 6.07) is 1.68. The number of thiophene rings is 1. The van der Waals surface area contributed by atoms with Gasteiger partial charge in [-0.15, -0.1) is 23.7 Å². The van der Waals surface area contributed by atoms with Crippen LogP contribution in [0.1, 0.15) is 25.6 Å². The zero-order valence-corrected chi connectivity index (χ0v) is 16.9. The van der Waals surface area contributed by atoms with E-state index in [0.29, 0.717) is 42.0 Å². The number of halogens is 1. The molecule has 0 bridgehead atoms. The Morgan fingerprint density at radius 3 is 2.85 bits per heavy atom. The third-order valence-corrected chi connectivity index (χ3v) is 5.61. The van der Waals surface area contributed by atoms with Gasteiger partial charge in [-0.05, 0) is 24.3 Å². The summed E-state index contributed by atoms with van der Waals surface area (Å²) in [5, 5.41) is 1.82. The number of nitrogens with zero attached hydrogens (tertiary/aromatic N) is 3. The number of likely N-dealkylation sites (tertiary alicyclic amines) is 1. The van der Waals surface area contributed by atoms with E-state index in [-0.39, 0.29) is 48.3 Å². The Balaban J connectivity index is 0.00000261. The SMILES string of the molecule is CC(=O)N1C[C@@H](N)CC[C@@H](C(=O)N(C)Cc2nc3ccsc3c(=O)[nH]2)C1.Cl. The highest BCUT2D eigenvalue weighted by atomic mass is 35.5. The number of carbonyl (C=O) groups is 2. The van der Waals surface area contributed by atoms with E-state index < -0.39 is 0 Å². The summed E-state index contributed by atoms with van der Waals surface area (Å²) in [6.45, 7) is 2.56. The molecule has 2 amide bonds. The molecule has 0 radical (unpaired) electrons. The topological polar surface area (TPSA) is 112 Å². The summed E-state index contributed by atoms with van der Waals surface area (Å²) in [7, 11) is 1.68. The van der Waals surface area contributed by atoms with Gasteiger partial charge in [-0.3, -0.25) is 14.4 Å². The molecule has 0 spiro atoms. The molecule has 3 N–H and O–H groups in total. The zero-order valence-electron chi connectivity index (χ0n) is 15.3. The monoisotopic (exact) mass is 413 g/mol. The normalized spacial score (nSPS) is 20.0. The molecule has 0 aromatic carbocycles. The van der Waals surface area contributed by atoms with E-state index in [1.54, 1.807) is 22.9 Å². The Labute approximate surface area is 167 Å². The molecule has 1 aliphatic rings. The summed E-state index contributed by atoms with van der Waals surface area (Å²) in [6.07, 6.45) is 1.34. The quantitative estimate of drug-likeness (QED) is 0.777. The summed E-state index contributed by atoms with van der Waals surface area (Å²) in [5.41, 5.74) is 6.46. The first-order chi connectivity index (χ1) is 12.3. The number of nitrogens with one attached hydrogen (secondary N) is 1. The van der Waals surface area contributed by atoms with Gasteiger partial charge in [-0.1, -0.05) is 0 Å². The van der Waals surface area contributed by atoms with Crippen molar-refractivity contribution >= 4 is 45.8 Å². The van der Waals surface area contributed by atoms with E-state index >= 15 is 0 Å². The van der Waals surface area contributed by atoms with Gasteiger partial charge in [0.1, 0.15) is 10.5 Å². The molecule has 3 heterocycles. The molecule has 1 aliphatic heterocycles. The number of H-pyrrole nitrogens is 1. The molecule has 10 heteroatoms. The largest absolute Gasteiger partial charge is 0.341 e.